The van der Waals surface area contributed by atoms with Crippen molar-refractivity contribution in [1.29, 1.82) is 0 Å². The zero-order valence-corrected chi connectivity index (χ0v) is 10.1. The lowest BCUT2D eigenvalue weighted by molar-refractivity contribution is 0.390. The first-order valence-electron chi connectivity index (χ1n) is 5.77. The summed E-state index contributed by atoms with van der Waals surface area (Å²) in [5, 5.41) is 6.67. The topological polar surface area (TPSA) is 46.2 Å². The van der Waals surface area contributed by atoms with E-state index in [4.69, 9.17) is 4.74 Å². The summed E-state index contributed by atoms with van der Waals surface area (Å²) in [6.45, 7) is 6.03. The zero-order valence-electron chi connectivity index (χ0n) is 10.1. The number of methoxy groups -OCH3 is 1. The molecule has 1 aromatic rings. The molecule has 16 heavy (non-hydrogen) atoms. The molecular formula is C12H21N3O. The largest absolute Gasteiger partial charge is 0.481 e. The van der Waals surface area contributed by atoms with Crippen LogP contribution >= 0.6 is 0 Å². The van der Waals surface area contributed by atoms with Gasteiger partial charge in [0.2, 0.25) is 5.88 Å². The maximum atomic E-state index is 5.18. The zero-order chi connectivity index (χ0) is 11.6. The SMILES string of the molecule is CCNCCCNCc1cccnc1OC. The third kappa shape index (κ3) is 4.59. The summed E-state index contributed by atoms with van der Waals surface area (Å²) in [6, 6.07) is 3.96. The second kappa shape index (κ2) is 8.07. The minimum Gasteiger partial charge on any atom is -0.481 e. The summed E-state index contributed by atoms with van der Waals surface area (Å²) >= 11 is 0. The minimum atomic E-state index is 0.710. The quantitative estimate of drug-likeness (QED) is 0.650. The average Bonchev–Trinajstić information content (AvgIpc) is 2.34. The molecule has 0 aromatic carbocycles. The Morgan fingerprint density at radius 1 is 1.31 bits per heavy atom. The highest BCUT2D eigenvalue weighted by Gasteiger charge is 2.01. The smallest absolute Gasteiger partial charge is 0.217 e. The van der Waals surface area contributed by atoms with Gasteiger partial charge in [0.05, 0.1) is 7.11 Å². The summed E-state index contributed by atoms with van der Waals surface area (Å²) in [4.78, 5) is 4.15. The summed E-state index contributed by atoms with van der Waals surface area (Å²) in [6.07, 6.45) is 2.88. The van der Waals surface area contributed by atoms with E-state index in [0.717, 1.165) is 38.2 Å². The van der Waals surface area contributed by atoms with Crippen molar-refractivity contribution in [2.24, 2.45) is 0 Å². The van der Waals surface area contributed by atoms with Crippen LogP contribution in [0.1, 0.15) is 18.9 Å². The van der Waals surface area contributed by atoms with Crippen LogP contribution in [0, 0.1) is 0 Å². The fourth-order valence-corrected chi connectivity index (χ4v) is 1.48. The first-order chi connectivity index (χ1) is 7.88. The molecule has 90 valence electrons. The van der Waals surface area contributed by atoms with Gasteiger partial charge in [-0.15, -0.1) is 0 Å². The minimum absolute atomic E-state index is 0.710. The van der Waals surface area contributed by atoms with Gasteiger partial charge < -0.3 is 15.4 Å². The Labute approximate surface area is 97.4 Å². The molecule has 0 spiro atoms. The first-order valence-corrected chi connectivity index (χ1v) is 5.77. The van der Waals surface area contributed by atoms with E-state index < -0.39 is 0 Å². The van der Waals surface area contributed by atoms with Crippen LogP contribution in [0.25, 0.3) is 0 Å². The highest BCUT2D eigenvalue weighted by molar-refractivity contribution is 5.24. The fourth-order valence-electron chi connectivity index (χ4n) is 1.48. The van der Waals surface area contributed by atoms with E-state index in [9.17, 15) is 0 Å². The Morgan fingerprint density at radius 3 is 2.88 bits per heavy atom. The molecule has 0 aliphatic rings. The van der Waals surface area contributed by atoms with Gasteiger partial charge in [-0.3, -0.25) is 0 Å². The van der Waals surface area contributed by atoms with Gasteiger partial charge in [0, 0.05) is 18.3 Å². The lowest BCUT2D eigenvalue weighted by atomic mass is 10.2. The van der Waals surface area contributed by atoms with Gasteiger partial charge in [0.15, 0.2) is 0 Å². The highest BCUT2D eigenvalue weighted by Crippen LogP contribution is 2.12. The van der Waals surface area contributed by atoms with Gasteiger partial charge in [-0.05, 0) is 32.1 Å². The summed E-state index contributed by atoms with van der Waals surface area (Å²) in [7, 11) is 1.65. The molecule has 0 amide bonds. The maximum Gasteiger partial charge on any atom is 0.217 e. The highest BCUT2D eigenvalue weighted by atomic mass is 16.5. The molecule has 0 unspecified atom stereocenters. The van der Waals surface area contributed by atoms with Crippen molar-refractivity contribution >= 4 is 0 Å². The molecule has 0 fully saturated rings. The van der Waals surface area contributed by atoms with E-state index in [0.29, 0.717) is 5.88 Å². The number of pyridine rings is 1. The Morgan fingerprint density at radius 2 is 2.12 bits per heavy atom. The molecular weight excluding hydrogens is 202 g/mol. The molecule has 4 nitrogen and oxygen atoms in total. The number of ether oxygens (including phenoxy) is 1. The van der Waals surface area contributed by atoms with Gasteiger partial charge in [0.25, 0.3) is 0 Å². The molecule has 0 radical (unpaired) electrons. The van der Waals surface area contributed by atoms with Crippen LogP contribution in [-0.2, 0) is 6.54 Å². The Kier molecular flexibility index (Phi) is 6.53. The van der Waals surface area contributed by atoms with E-state index in [1.165, 1.54) is 0 Å². The van der Waals surface area contributed by atoms with Crippen LogP contribution < -0.4 is 15.4 Å². The number of nitrogens with one attached hydrogen (secondary N) is 2. The Hall–Kier alpha value is -1.13. The fraction of sp³-hybridized carbons (Fsp3) is 0.583. The van der Waals surface area contributed by atoms with Crippen LogP contribution in [0.5, 0.6) is 5.88 Å². The normalized spacial score (nSPS) is 10.4. The average molecular weight is 223 g/mol. The van der Waals surface area contributed by atoms with Crippen LogP contribution in [0.15, 0.2) is 18.3 Å². The lowest BCUT2D eigenvalue weighted by Gasteiger charge is -2.08. The van der Waals surface area contributed by atoms with Crippen molar-refractivity contribution < 1.29 is 4.74 Å². The molecule has 0 saturated carbocycles. The van der Waals surface area contributed by atoms with Gasteiger partial charge >= 0.3 is 0 Å². The molecule has 2 N–H and O–H groups in total. The summed E-state index contributed by atoms with van der Waals surface area (Å²) in [5.41, 5.74) is 1.11. The molecule has 4 heteroatoms. The van der Waals surface area contributed by atoms with Gasteiger partial charge in [-0.1, -0.05) is 13.0 Å². The van der Waals surface area contributed by atoms with Crippen LogP contribution in [-0.4, -0.2) is 31.7 Å². The van der Waals surface area contributed by atoms with Crippen molar-refractivity contribution in [2.45, 2.75) is 19.9 Å². The van der Waals surface area contributed by atoms with Crippen LogP contribution in [0.4, 0.5) is 0 Å². The summed E-state index contributed by atoms with van der Waals surface area (Å²) < 4.78 is 5.18. The number of hydrogen-bond donors (Lipinski definition) is 2. The van der Waals surface area contributed by atoms with Gasteiger partial charge in [-0.2, -0.15) is 0 Å². The van der Waals surface area contributed by atoms with Gasteiger partial charge in [-0.25, -0.2) is 4.98 Å². The molecule has 0 bridgehead atoms. The third-order valence-electron chi connectivity index (χ3n) is 2.32. The predicted octanol–water partition coefficient (Wildman–Crippen LogP) is 1.18. The third-order valence-corrected chi connectivity index (χ3v) is 2.32. The lowest BCUT2D eigenvalue weighted by Crippen LogP contribution is -2.21. The second-order valence-corrected chi connectivity index (χ2v) is 3.56. The van der Waals surface area contributed by atoms with E-state index in [1.807, 2.05) is 12.1 Å². The standard InChI is InChI=1S/C12H21N3O/c1-3-13-7-5-8-14-10-11-6-4-9-15-12(11)16-2/h4,6,9,13-14H,3,5,7-8,10H2,1-2H3. The molecule has 1 rings (SSSR count). The summed E-state index contributed by atoms with van der Waals surface area (Å²) in [5.74, 6) is 0.710. The first kappa shape index (κ1) is 12.9. The van der Waals surface area contributed by atoms with E-state index in [-0.39, 0.29) is 0 Å². The number of nitrogens with zero attached hydrogens (tertiary/aromatic N) is 1. The van der Waals surface area contributed by atoms with Crippen molar-refractivity contribution in [3.63, 3.8) is 0 Å². The molecule has 1 aromatic heterocycles. The van der Waals surface area contributed by atoms with Crippen LogP contribution in [0.2, 0.25) is 0 Å². The van der Waals surface area contributed by atoms with E-state index >= 15 is 0 Å². The Bertz CT molecular complexity index is 291. The van der Waals surface area contributed by atoms with Gasteiger partial charge in [0.1, 0.15) is 0 Å². The van der Waals surface area contributed by atoms with Crippen molar-refractivity contribution in [3.8, 4) is 5.88 Å². The van der Waals surface area contributed by atoms with E-state index in [2.05, 4.69) is 22.5 Å². The number of rotatable bonds is 8. The predicted molar refractivity (Wildman–Crippen MR) is 65.7 cm³/mol. The maximum absolute atomic E-state index is 5.18. The Balaban J connectivity index is 2.21. The second-order valence-electron chi connectivity index (χ2n) is 3.56. The molecule has 0 aliphatic heterocycles. The number of aromatic nitrogens is 1. The molecule has 1 heterocycles. The van der Waals surface area contributed by atoms with Crippen LogP contribution in [0.3, 0.4) is 0 Å². The number of hydrogen-bond acceptors (Lipinski definition) is 4. The van der Waals surface area contributed by atoms with E-state index in [1.54, 1.807) is 13.3 Å². The molecule has 0 aliphatic carbocycles. The monoisotopic (exact) mass is 223 g/mol. The van der Waals surface area contributed by atoms with Crippen molar-refractivity contribution in [2.75, 3.05) is 26.7 Å². The molecule has 0 atom stereocenters. The van der Waals surface area contributed by atoms with Crippen molar-refractivity contribution in [3.05, 3.63) is 23.9 Å². The van der Waals surface area contributed by atoms with Crippen molar-refractivity contribution in [1.82, 2.24) is 15.6 Å². The molecule has 0 saturated heterocycles.